The Morgan fingerprint density at radius 3 is 2.77 bits per heavy atom. The van der Waals surface area contributed by atoms with Crippen molar-refractivity contribution in [2.75, 3.05) is 13.1 Å². The molecular formula is C10H16LrNO-. The van der Waals surface area contributed by atoms with Crippen LogP contribution in [0.3, 0.4) is 0 Å². The summed E-state index contributed by atoms with van der Waals surface area (Å²) >= 11 is 0. The quantitative estimate of drug-likeness (QED) is 0.461. The summed E-state index contributed by atoms with van der Waals surface area (Å²) in [5.74, 6) is 1.58. The van der Waals surface area contributed by atoms with Gasteiger partial charge in [-0.05, 0) is 12.6 Å². The van der Waals surface area contributed by atoms with Gasteiger partial charge in [0.2, 0.25) is 5.91 Å². The SMILES string of the molecule is C=CC(=O)N1CCC[C-](C)CC1.[Lr]. The summed E-state index contributed by atoms with van der Waals surface area (Å²) in [5.41, 5.74) is 0. The molecule has 1 heterocycles. The van der Waals surface area contributed by atoms with Gasteiger partial charge in [-0.2, -0.15) is 19.8 Å². The molecule has 1 saturated heterocycles. The monoisotopic (exact) mass is 428 g/mol. The molecule has 0 spiro atoms. The van der Waals surface area contributed by atoms with E-state index in [0.29, 0.717) is 0 Å². The maximum absolute atomic E-state index is 11.2. The largest absolute Gasteiger partial charge is 0.342 e. The fraction of sp³-hybridized carbons (Fsp3) is 0.600. The smallest absolute Gasteiger partial charge is 0.245 e. The van der Waals surface area contributed by atoms with Gasteiger partial charge in [0, 0.05) is 6.54 Å². The van der Waals surface area contributed by atoms with Gasteiger partial charge in [0.1, 0.15) is 0 Å². The predicted octanol–water partition coefficient (Wildman–Crippen LogP) is 1.78. The Morgan fingerprint density at radius 2 is 2.15 bits per heavy atom. The molecule has 0 aromatic carbocycles. The minimum atomic E-state index is 0. The summed E-state index contributed by atoms with van der Waals surface area (Å²) in [7, 11) is 0. The Hall–Kier alpha value is -1.79. The van der Waals surface area contributed by atoms with Crippen LogP contribution in [0.2, 0.25) is 0 Å². The molecule has 0 aliphatic carbocycles. The molecule has 13 heavy (non-hydrogen) atoms. The van der Waals surface area contributed by atoms with Gasteiger partial charge in [-0.3, -0.25) is 4.79 Å². The summed E-state index contributed by atoms with van der Waals surface area (Å²) < 4.78 is 0. The number of nitrogens with zero attached hydrogens (tertiary/aromatic N) is 1. The Kier molecular flexibility index (Phi) is 4.28. The van der Waals surface area contributed by atoms with Gasteiger partial charge in [-0.25, -0.2) is 0 Å². The third kappa shape index (κ3) is 2.97. The zero-order chi connectivity index (χ0) is 8.97. The fourth-order valence-corrected chi connectivity index (χ4v) is 1.48. The van der Waals surface area contributed by atoms with Crippen LogP contribution in [-0.2, 0) is 4.79 Å². The van der Waals surface area contributed by atoms with E-state index in [-0.39, 0.29) is 5.91 Å². The van der Waals surface area contributed by atoms with Crippen molar-refractivity contribution in [3.63, 3.8) is 0 Å². The minimum absolute atomic E-state index is 0. The first-order chi connectivity index (χ1) is 5.74. The number of hydrogen-bond acceptors (Lipinski definition) is 1. The number of hydrogen-bond donors (Lipinski definition) is 0. The van der Waals surface area contributed by atoms with Crippen LogP contribution >= 0.6 is 0 Å². The fourth-order valence-electron chi connectivity index (χ4n) is 1.48. The molecule has 1 aliphatic rings. The second-order valence-corrected chi connectivity index (χ2v) is 3.34. The van der Waals surface area contributed by atoms with Crippen LogP contribution in [0, 0.1) is 5.92 Å². The first-order valence-corrected chi connectivity index (χ1v) is 4.46. The molecule has 1 aliphatic heterocycles. The van der Waals surface area contributed by atoms with E-state index in [9.17, 15) is 4.79 Å². The maximum Gasteiger partial charge on any atom is 0.245 e. The summed E-state index contributed by atoms with van der Waals surface area (Å²) in [6.45, 7) is 7.42. The standard InChI is InChI=1S/C10H16NO.Lr/c1-3-10(12)11-7-4-5-9(2)6-8-11;/h3H,1,4-8H2,2H3;/q-1;. The van der Waals surface area contributed by atoms with E-state index < -0.39 is 0 Å². The van der Waals surface area contributed by atoms with Crippen LogP contribution in [0.25, 0.3) is 0 Å². The third-order valence-corrected chi connectivity index (χ3v) is 2.33. The zero-order valence-corrected chi connectivity index (χ0v) is 10.1. The number of amides is 1. The van der Waals surface area contributed by atoms with E-state index in [0.717, 1.165) is 25.9 Å². The second-order valence-electron chi connectivity index (χ2n) is 3.34. The molecule has 83 valence electrons. The average Bonchev–Trinajstić information content (AvgIpc) is 2.29. The van der Waals surface area contributed by atoms with Gasteiger partial charge in [-0.1, -0.05) is 13.0 Å². The summed E-state index contributed by atoms with van der Waals surface area (Å²) in [4.78, 5) is 13.1. The van der Waals surface area contributed by atoms with Gasteiger partial charge in [0.05, 0.1) is 0 Å². The Labute approximate surface area is 74.2 Å². The molecule has 2 nitrogen and oxygen atoms in total. The van der Waals surface area contributed by atoms with E-state index in [1.807, 2.05) is 4.90 Å². The van der Waals surface area contributed by atoms with Crippen molar-refractivity contribution in [1.29, 1.82) is 0 Å². The van der Waals surface area contributed by atoms with Crippen molar-refractivity contribution in [2.45, 2.75) is 26.2 Å². The van der Waals surface area contributed by atoms with Crippen LogP contribution in [0.1, 0.15) is 26.2 Å². The Balaban J connectivity index is 0.00000144. The average molecular weight is 428 g/mol. The van der Waals surface area contributed by atoms with Gasteiger partial charge in [0.15, 0.2) is 0 Å². The molecule has 0 N–H and O–H groups in total. The van der Waals surface area contributed by atoms with Crippen molar-refractivity contribution >= 4 is 5.91 Å². The minimum Gasteiger partial charge on any atom is -0.342 e. The Bertz CT molecular complexity index is 182. The molecule has 0 saturated carbocycles. The number of rotatable bonds is 1. The molecule has 0 unspecified atom stereocenters. The maximum atomic E-state index is 11.2. The van der Waals surface area contributed by atoms with Crippen molar-refractivity contribution in [3.05, 3.63) is 18.6 Å². The first kappa shape index (κ1) is 11.2. The first-order valence-electron chi connectivity index (χ1n) is 4.46. The van der Waals surface area contributed by atoms with Crippen LogP contribution in [0.15, 0.2) is 12.7 Å². The molecule has 1 radical (unpaired) electrons. The molecule has 1 rings (SSSR count). The number of carbonyl (C=O) groups is 1. The predicted molar refractivity (Wildman–Crippen MR) is 49.5 cm³/mol. The van der Waals surface area contributed by atoms with Gasteiger partial charge < -0.3 is 10.8 Å². The molecule has 1 fully saturated rings. The van der Waals surface area contributed by atoms with Crippen LogP contribution in [0.5, 0.6) is 0 Å². The number of likely N-dealkylation sites (tertiary alicyclic amines) is 1. The second kappa shape index (κ2) is 4.96. The van der Waals surface area contributed by atoms with E-state index in [1.54, 1.807) is 0 Å². The van der Waals surface area contributed by atoms with E-state index >= 15 is 0 Å². The van der Waals surface area contributed by atoms with Crippen molar-refractivity contribution in [3.8, 4) is 0 Å². The summed E-state index contributed by atoms with van der Waals surface area (Å²) in [6, 6.07) is 0. The summed E-state index contributed by atoms with van der Waals surface area (Å²) in [6.07, 6.45) is 4.73. The Morgan fingerprint density at radius 1 is 1.46 bits per heavy atom. The molecule has 0 aromatic heterocycles. The molecule has 1 amide bonds. The van der Waals surface area contributed by atoms with E-state index in [1.165, 1.54) is 18.4 Å². The van der Waals surface area contributed by atoms with Crippen LogP contribution < -0.4 is 0 Å². The van der Waals surface area contributed by atoms with Gasteiger partial charge >= 0.3 is 0 Å². The molecular weight excluding hydrogens is 412 g/mol. The molecule has 0 aromatic rings. The topological polar surface area (TPSA) is 20.3 Å². The van der Waals surface area contributed by atoms with Crippen molar-refractivity contribution in [2.24, 2.45) is 0 Å². The van der Waals surface area contributed by atoms with Gasteiger partial charge in [-0.15, -0.1) is 0 Å². The van der Waals surface area contributed by atoms with Crippen LogP contribution in [0.4, 0.5) is 0 Å². The van der Waals surface area contributed by atoms with Gasteiger partial charge in [0.25, 0.3) is 0 Å². The van der Waals surface area contributed by atoms with Crippen molar-refractivity contribution in [1.82, 2.24) is 4.90 Å². The normalized spacial score (nSPS) is 18.7. The molecule has 0 bridgehead atoms. The summed E-state index contributed by atoms with van der Waals surface area (Å²) in [5, 5.41) is 0. The third-order valence-electron chi connectivity index (χ3n) is 2.33. The molecule has 0 atom stereocenters. The van der Waals surface area contributed by atoms with E-state index in [4.69, 9.17) is 0 Å². The molecule has 3 heteroatoms. The number of carbonyl (C=O) groups excluding carboxylic acids is 1. The van der Waals surface area contributed by atoms with Crippen molar-refractivity contribution < 1.29 is 4.79 Å². The van der Waals surface area contributed by atoms with E-state index in [2.05, 4.69) is 13.5 Å². The zero-order valence-electron chi connectivity index (χ0n) is 7.93. The van der Waals surface area contributed by atoms with Crippen LogP contribution in [-0.4, -0.2) is 23.9 Å².